The molecule has 3 nitrogen and oxygen atoms in total. The van der Waals surface area contributed by atoms with Gasteiger partial charge in [-0.15, -0.1) is 0 Å². The number of aromatic nitrogens is 1. The minimum atomic E-state index is -0.392. The smallest absolute Gasteiger partial charge is 0.398 e. The summed E-state index contributed by atoms with van der Waals surface area (Å²) in [6, 6.07) is 6.14. The monoisotopic (exact) mass is 287 g/mol. The van der Waals surface area contributed by atoms with Crippen molar-refractivity contribution in [3.8, 4) is 11.1 Å². The highest BCUT2D eigenvalue weighted by atomic mass is 32.1. The lowest BCUT2D eigenvalue weighted by Crippen LogP contribution is -2.41. The fourth-order valence-electron chi connectivity index (χ4n) is 2.11. The molecular formula is C15H18BNO2S. The van der Waals surface area contributed by atoms with Crippen LogP contribution in [0.5, 0.6) is 0 Å². The molecule has 0 aliphatic carbocycles. The average molecular weight is 287 g/mol. The molecule has 104 valence electrons. The summed E-state index contributed by atoms with van der Waals surface area (Å²) in [5.74, 6) is 0. The minimum Gasteiger partial charge on any atom is -0.398 e. The molecule has 0 saturated carbocycles. The van der Waals surface area contributed by atoms with Crippen LogP contribution in [0.4, 0.5) is 0 Å². The van der Waals surface area contributed by atoms with Crippen molar-refractivity contribution in [1.29, 1.82) is 0 Å². The largest absolute Gasteiger partial charge is 0.514 e. The Morgan fingerprint density at radius 3 is 2.20 bits per heavy atom. The summed E-state index contributed by atoms with van der Waals surface area (Å²) in [6.07, 6.45) is 1.88. The third kappa shape index (κ3) is 2.30. The van der Waals surface area contributed by atoms with Crippen LogP contribution in [0.25, 0.3) is 11.1 Å². The first kappa shape index (κ1) is 13.8. The van der Waals surface area contributed by atoms with Crippen LogP contribution in [0, 0.1) is 0 Å². The van der Waals surface area contributed by atoms with Gasteiger partial charge in [0.1, 0.15) is 0 Å². The summed E-state index contributed by atoms with van der Waals surface area (Å²) >= 11 is 1.69. The van der Waals surface area contributed by atoms with Crippen LogP contribution in [0.2, 0.25) is 0 Å². The Bertz CT molecular complexity index is 577. The molecule has 0 aromatic carbocycles. The molecule has 0 spiro atoms. The average Bonchev–Trinajstić information content (AvgIpc) is 2.97. The molecule has 5 heteroatoms. The highest BCUT2D eigenvalue weighted by Gasteiger charge is 2.52. The van der Waals surface area contributed by atoms with Crippen molar-refractivity contribution in [3.05, 3.63) is 35.2 Å². The zero-order chi connectivity index (χ0) is 14.4. The SMILES string of the molecule is CC1(C)OB(c2ccc(-c3ccsc3)cn2)OC1(C)C. The summed E-state index contributed by atoms with van der Waals surface area (Å²) < 4.78 is 12.0. The molecule has 0 radical (unpaired) electrons. The van der Waals surface area contributed by atoms with Crippen LogP contribution in [0.1, 0.15) is 27.7 Å². The van der Waals surface area contributed by atoms with E-state index in [-0.39, 0.29) is 11.2 Å². The van der Waals surface area contributed by atoms with Gasteiger partial charge in [0.25, 0.3) is 0 Å². The third-order valence-corrected chi connectivity index (χ3v) is 4.82. The van der Waals surface area contributed by atoms with Crippen molar-refractivity contribution in [2.45, 2.75) is 38.9 Å². The lowest BCUT2D eigenvalue weighted by Gasteiger charge is -2.32. The Morgan fingerprint density at radius 2 is 1.70 bits per heavy atom. The Morgan fingerprint density at radius 1 is 1.00 bits per heavy atom. The van der Waals surface area contributed by atoms with Gasteiger partial charge in [-0.2, -0.15) is 11.3 Å². The Kier molecular flexibility index (Phi) is 3.24. The molecule has 0 unspecified atom stereocenters. The second-order valence-electron chi connectivity index (χ2n) is 6.07. The Balaban J connectivity index is 1.83. The van der Waals surface area contributed by atoms with Gasteiger partial charge in [0.15, 0.2) is 0 Å². The van der Waals surface area contributed by atoms with E-state index in [0.29, 0.717) is 0 Å². The van der Waals surface area contributed by atoms with E-state index in [1.54, 1.807) is 11.3 Å². The molecule has 20 heavy (non-hydrogen) atoms. The number of thiophene rings is 1. The summed E-state index contributed by atoms with van der Waals surface area (Å²) in [5, 5.41) is 4.18. The third-order valence-electron chi connectivity index (χ3n) is 4.14. The van der Waals surface area contributed by atoms with Crippen LogP contribution in [0.3, 0.4) is 0 Å². The molecule has 0 bridgehead atoms. The lowest BCUT2D eigenvalue weighted by atomic mass is 9.84. The van der Waals surface area contributed by atoms with Crippen molar-refractivity contribution in [1.82, 2.24) is 4.98 Å². The molecule has 2 aromatic rings. The summed E-state index contributed by atoms with van der Waals surface area (Å²) in [4.78, 5) is 4.50. The van der Waals surface area contributed by atoms with Gasteiger partial charge in [0.05, 0.1) is 16.8 Å². The maximum atomic E-state index is 6.00. The highest BCUT2D eigenvalue weighted by Crippen LogP contribution is 2.36. The van der Waals surface area contributed by atoms with Crippen molar-refractivity contribution in [2.75, 3.05) is 0 Å². The standard InChI is InChI=1S/C15H18BNO2S/c1-14(2)15(3,4)19-16(18-14)13-6-5-11(9-17-13)12-7-8-20-10-12/h5-10H,1-4H3. The van der Waals surface area contributed by atoms with Gasteiger partial charge in [-0.25, -0.2) is 0 Å². The first-order chi connectivity index (χ1) is 9.39. The maximum absolute atomic E-state index is 6.00. The molecule has 1 saturated heterocycles. The molecule has 1 aliphatic rings. The first-order valence-corrected chi connectivity index (χ1v) is 7.67. The van der Waals surface area contributed by atoms with Crippen molar-refractivity contribution < 1.29 is 9.31 Å². The topological polar surface area (TPSA) is 31.4 Å². The predicted octanol–water partition coefficient (Wildman–Crippen LogP) is 3.11. The summed E-state index contributed by atoms with van der Waals surface area (Å²) in [7, 11) is -0.392. The van der Waals surface area contributed by atoms with Crippen LogP contribution >= 0.6 is 11.3 Å². The van der Waals surface area contributed by atoms with E-state index in [4.69, 9.17) is 9.31 Å². The molecule has 0 amide bonds. The number of hydrogen-bond acceptors (Lipinski definition) is 4. The van der Waals surface area contributed by atoms with Gasteiger partial charge in [0.2, 0.25) is 0 Å². The van der Waals surface area contributed by atoms with Crippen molar-refractivity contribution in [3.63, 3.8) is 0 Å². The van der Waals surface area contributed by atoms with Gasteiger partial charge >= 0.3 is 7.12 Å². The van der Waals surface area contributed by atoms with Gasteiger partial charge in [0, 0.05) is 11.8 Å². The number of pyridine rings is 1. The fraction of sp³-hybridized carbons (Fsp3) is 0.400. The van der Waals surface area contributed by atoms with Gasteiger partial charge in [-0.05, 0) is 56.2 Å². The number of rotatable bonds is 2. The maximum Gasteiger partial charge on any atom is 0.514 e. The van der Waals surface area contributed by atoms with E-state index in [2.05, 4.69) is 27.9 Å². The van der Waals surface area contributed by atoms with Gasteiger partial charge < -0.3 is 9.31 Å². The molecular weight excluding hydrogens is 269 g/mol. The zero-order valence-electron chi connectivity index (χ0n) is 12.2. The van der Waals surface area contributed by atoms with Crippen LogP contribution in [-0.2, 0) is 9.31 Å². The molecule has 1 fully saturated rings. The van der Waals surface area contributed by atoms with E-state index < -0.39 is 7.12 Å². The Hall–Kier alpha value is -1.17. The van der Waals surface area contributed by atoms with E-state index >= 15 is 0 Å². The second-order valence-corrected chi connectivity index (χ2v) is 6.85. The normalized spacial score (nSPS) is 20.3. The van der Waals surface area contributed by atoms with E-state index in [9.17, 15) is 0 Å². The molecule has 2 aromatic heterocycles. The molecule has 3 heterocycles. The van der Waals surface area contributed by atoms with Gasteiger partial charge in [-0.1, -0.05) is 6.07 Å². The highest BCUT2D eigenvalue weighted by molar-refractivity contribution is 7.08. The van der Waals surface area contributed by atoms with E-state index in [1.807, 2.05) is 40.0 Å². The predicted molar refractivity (Wildman–Crippen MR) is 83.3 cm³/mol. The van der Waals surface area contributed by atoms with Crippen LogP contribution in [0.15, 0.2) is 35.2 Å². The molecule has 0 atom stereocenters. The fourth-order valence-corrected chi connectivity index (χ4v) is 2.77. The molecule has 0 N–H and O–H groups in total. The minimum absolute atomic E-state index is 0.328. The molecule has 1 aliphatic heterocycles. The zero-order valence-corrected chi connectivity index (χ0v) is 13.0. The Labute approximate surface area is 124 Å². The van der Waals surface area contributed by atoms with E-state index in [1.165, 1.54) is 5.56 Å². The van der Waals surface area contributed by atoms with Crippen LogP contribution < -0.4 is 5.59 Å². The van der Waals surface area contributed by atoms with Crippen molar-refractivity contribution in [2.24, 2.45) is 0 Å². The second kappa shape index (κ2) is 4.69. The van der Waals surface area contributed by atoms with E-state index in [0.717, 1.165) is 11.2 Å². The number of hydrogen-bond donors (Lipinski definition) is 0. The van der Waals surface area contributed by atoms with Gasteiger partial charge in [-0.3, -0.25) is 4.98 Å². The van der Waals surface area contributed by atoms with Crippen molar-refractivity contribution >= 4 is 24.0 Å². The van der Waals surface area contributed by atoms with Crippen LogP contribution in [-0.4, -0.2) is 23.3 Å². The number of nitrogens with zero attached hydrogens (tertiary/aromatic N) is 1. The summed E-state index contributed by atoms with van der Waals surface area (Å²) in [6.45, 7) is 8.19. The quantitative estimate of drug-likeness (QED) is 0.795. The summed E-state index contributed by atoms with van der Waals surface area (Å²) in [5.41, 5.74) is 2.48. The molecule has 3 rings (SSSR count). The lowest BCUT2D eigenvalue weighted by molar-refractivity contribution is 0.00578. The first-order valence-electron chi connectivity index (χ1n) is 6.73.